The molecule has 0 aromatic heterocycles. The number of hydrogen-bond acceptors (Lipinski definition) is 6. The van der Waals surface area contributed by atoms with E-state index in [-0.39, 0.29) is 31.1 Å². The van der Waals surface area contributed by atoms with Crippen molar-refractivity contribution in [3.63, 3.8) is 0 Å². The number of carbonyl (C=O) groups excluding carboxylic acids is 3. The van der Waals surface area contributed by atoms with Crippen LogP contribution in [0, 0.1) is 0 Å². The van der Waals surface area contributed by atoms with Crippen LogP contribution < -0.4 is 0 Å². The summed E-state index contributed by atoms with van der Waals surface area (Å²) in [4.78, 5) is 37.9. The minimum absolute atomic E-state index is 0.0839. The van der Waals surface area contributed by atoms with Gasteiger partial charge in [-0.1, -0.05) is 259 Å². The van der Waals surface area contributed by atoms with Crippen molar-refractivity contribution < 1.29 is 28.6 Å². The fourth-order valence-corrected chi connectivity index (χ4v) is 8.11. The predicted octanol–water partition coefficient (Wildman–Crippen LogP) is 20.3. The number of ether oxygens (including phenoxy) is 3. The number of unbranched alkanes of at least 4 members (excludes halogenated alkanes) is 24. The molecule has 0 amide bonds. The minimum Gasteiger partial charge on any atom is -0.462 e. The van der Waals surface area contributed by atoms with Gasteiger partial charge in [0.1, 0.15) is 13.2 Å². The molecule has 6 nitrogen and oxygen atoms in total. The summed E-state index contributed by atoms with van der Waals surface area (Å²) in [6, 6.07) is 0. The molecule has 410 valence electrons. The van der Waals surface area contributed by atoms with Gasteiger partial charge in [-0.2, -0.15) is 0 Å². The topological polar surface area (TPSA) is 78.9 Å². The van der Waals surface area contributed by atoms with Gasteiger partial charge in [-0.25, -0.2) is 0 Å². The average molecular weight is 1000 g/mol. The zero-order valence-electron chi connectivity index (χ0n) is 46.9. The van der Waals surface area contributed by atoms with Gasteiger partial charge in [0.25, 0.3) is 0 Å². The maximum atomic E-state index is 12.8. The molecule has 1 atom stereocenters. The molecule has 0 aromatic carbocycles. The Morgan fingerprint density at radius 1 is 0.292 bits per heavy atom. The minimum atomic E-state index is -0.784. The molecule has 6 heteroatoms. The number of hydrogen-bond donors (Lipinski definition) is 0. The summed E-state index contributed by atoms with van der Waals surface area (Å²) >= 11 is 0. The molecule has 0 saturated carbocycles. The standard InChI is InChI=1S/C66H110O6/c1-4-7-10-13-16-18-20-22-24-26-28-29-30-31-32-33-34-35-36-37-39-40-42-44-46-48-50-53-56-59-65(68)71-62-63(61-70-64(67)58-55-52-15-12-9-6-3)72-66(69)60-57-54-51-49-47-45-43-41-38-27-25-23-21-19-17-14-11-8-5-2/h7-8,10-11,16-19,22-25,28-29,31-32,38,41,63H,4-6,9,12-15,20-21,26-27,30,33-37,39-40,42-62H2,1-3H3/b10-7-,11-8-,18-16-,19-17-,24-22-,25-23-,29-28-,32-31-,41-38-. The molecular weight excluding hydrogens is 889 g/mol. The third kappa shape index (κ3) is 57.0. The van der Waals surface area contributed by atoms with Crippen molar-refractivity contribution in [1.82, 2.24) is 0 Å². The summed E-state index contributed by atoms with van der Waals surface area (Å²) in [7, 11) is 0. The summed E-state index contributed by atoms with van der Waals surface area (Å²) in [5.74, 6) is -0.906. The number of esters is 3. The largest absolute Gasteiger partial charge is 0.462 e. The average Bonchev–Trinajstić information content (AvgIpc) is 3.38. The third-order valence-electron chi connectivity index (χ3n) is 12.5. The normalized spacial score (nSPS) is 12.9. The summed E-state index contributed by atoms with van der Waals surface area (Å²) in [5.41, 5.74) is 0. The molecule has 0 rings (SSSR count). The van der Waals surface area contributed by atoms with Crippen molar-refractivity contribution in [2.45, 2.75) is 277 Å². The van der Waals surface area contributed by atoms with Gasteiger partial charge in [0.05, 0.1) is 0 Å². The Balaban J connectivity index is 4.11. The Kier molecular flexibility index (Phi) is 56.4. The van der Waals surface area contributed by atoms with E-state index in [1.807, 2.05) is 0 Å². The van der Waals surface area contributed by atoms with Crippen LogP contribution in [0.1, 0.15) is 271 Å². The van der Waals surface area contributed by atoms with E-state index < -0.39 is 6.10 Å². The fourth-order valence-electron chi connectivity index (χ4n) is 8.11. The third-order valence-corrected chi connectivity index (χ3v) is 12.5. The highest BCUT2D eigenvalue weighted by Gasteiger charge is 2.19. The van der Waals surface area contributed by atoms with Crippen LogP contribution >= 0.6 is 0 Å². The van der Waals surface area contributed by atoms with Gasteiger partial charge >= 0.3 is 17.9 Å². The van der Waals surface area contributed by atoms with Crippen molar-refractivity contribution in [2.75, 3.05) is 13.2 Å². The molecule has 0 saturated heterocycles. The van der Waals surface area contributed by atoms with E-state index in [9.17, 15) is 14.4 Å². The molecule has 0 spiro atoms. The van der Waals surface area contributed by atoms with E-state index in [0.717, 1.165) is 128 Å². The van der Waals surface area contributed by atoms with Crippen LogP contribution in [0.5, 0.6) is 0 Å². The monoisotopic (exact) mass is 999 g/mol. The van der Waals surface area contributed by atoms with E-state index in [2.05, 4.69) is 130 Å². The smallest absolute Gasteiger partial charge is 0.306 e. The lowest BCUT2D eigenvalue weighted by atomic mass is 10.0. The van der Waals surface area contributed by atoms with Crippen LogP contribution in [0.15, 0.2) is 109 Å². The van der Waals surface area contributed by atoms with Gasteiger partial charge in [-0.15, -0.1) is 0 Å². The van der Waals surface area contributed by atoms with Crippen molar-refractivity contribution in [1.29, 1.82) is 0 Å². The second-order valence-corrected chi connectivity index (χ2v) is 19.5. The SMILES string of the molecule is CC/C=C\C/C=C\C/C=C\C/C=C\C/C=C\CCCCCCCCCCCCCCCC(=O)OCC(COC(=O)CCCCCCCC)OC(=O)CCCCCCCC/C=C\C/C=C\C/C=C\C/C=C\CC. The maximum absolute atomic E-state index is 12.8. The maximum Gasteiger partial charge on any atom is 0.306 e. The lowest BCUT2D eigenvalue weighted by molar-refractivity contribution is -0.167. The Morgan fingerprint density at radius 3 is 0.847 bits per heavy atom. The highest BCUT2D eigenvalue weighted by atomic mass is 16.6. The van der Waals surface area contributed by atoms with Crippen LogP contribution in [0.2, 0.25) is 0 Å². The molecule has 0 radical (unpaired) electrons. The van der Waals surface area contributed by atoms with Crippen LogP contribution in [0.4, 0.5) is 0 Å². The van der Waals surface area contributed by atoms with Crippen LogP contribution in [0.25, 0.3) is 0 Å². The predicted molar refractivity (Wildman–Crippen MR) is 311 cm³/mol. The number of carbonyl (C=O) groups is 3. The fraction of sp³-hybridized carbons (Fsp3) is 0.682. The molecule has 1 unspecified atom stereocenters. The Hall–Kier alpha value is -3.93. The van der Waals surface area contributed by atoms with Gasteiger partial charge in [0.2, 0.25) is 0 Å². The molecule has 0 fully saturated rings. The Labute approximate surface area is 444 Å². The zero-order valence-corrected chi connectivity index (χ0v) is 46.9. The first kappa shape index (κ1) is 68.1. The molecule has 0 aromatic rings. The summed E-state index contributed by atoms with van der Waals surface area (Å²) in [6.45, 7) is 6.35. The van der Waals surface area contributed by atoms with Crippen molar-refractivity contribution in [3.8, 4) is 0 Å². The summed E-state index contributed by atoms with van der Waals surface area (Å²) in [6.07, 6.45) is 81.2. The van der Waals surface area contributed by atoms with Gasteiger partial charge in [-0.05, 0) is 103 Å². The highest BCUT2D eigenvalue weighted by Crippen LogP contribution is 2.15. The molecule has 72 heavy (non-hydrogen) atoms. The van der Waals surface area contributed by atoms with Gasteiger partial charge in [0, 0.05) is 19.3 Å². The Morgan fingerprint density at radius 2 is 0.542 bits per heavy atom. The molecule has 0 bridgehead atoms. The van der Waals surface area contributed by atoms with Crippen molar-refractivity contribution in [2.24, 2.45) is 0 Å². The first-order chi connectivity index (χ1) is 35.5. The summed E-state index contributed by atoms with van der Waals surface area (Å²) < 4.78 is 16.8. The lowest BCUT2D eigenvalue weighted by Crippen LogP contribution is -2.30. The van der Waals surface area contributed by atoms with Gasteiger partial charge in [0.15, 0.2) is 6.10 Å². The van der Waals surface area contributed by atoms with Crippen molar-refractivity contribution >= 4 is 17.9 Å². The molecular formula is C66H110O6. The second kappa shape index (κ2) is 59.6. The Bertz CT molecular complexity index is 1470. The number of rotatable bonds is 53. The van der Waals surface area contributed by atoms with Crippen LogP contribution in [-0.2, 0) is 28.6 Å². The van der Waals surface area contributed by atoms with E-state index in [1.165, 1.54) is 103 Å². The van der Waals surface area contributed by atoms with Crippen LogP contribution in [0.3, 0.4) is 0 Å². The second-order valence-electron chi connectivity index (χ2n) is 19.5. The van der Waals surface area contributed by atoms with Gasteiger partial charge < -0.3 is 14.2 Å². The quantitative estimate of drug-likeness (QED) is 0.0261. The number of allylic oxidation sites excluding steroid dienone is 18. The van der Waals surface area contributed by atoms with E-state index in [1.54, 1.807) is 0 Å². The molecule has 0 aliphatic heterocycles. The molecule has 0 heterocycles. The first-order valence-corrected chi connectivity index (χ1v) is 29.9. The van der Waals surface area contributed by atoms with Crippen molar-refractivity contribution in [3.05, 3.63) is 109 Å². The van der Waals surface area contributed by atoms with E-state index in [4.69, 9.17) is 14.2 Å². The highest BCUT2D eigenvalue weighted by molar-refractivity contribution is 5.71. The zero-order chi connectivity index (χ0) is 52.2. The van der Waals surface area contributed by atoms with E-state index in [0.29, 0.717) is 19.3 Å². The molecule has 0 aliphatic carbocycles. The lowest BCUT2D eigenvalue weighted by Gasteiger charge is -2.18. The van der Waals surface area contributed by atoms with Crippen LogP contribution in [-0.4, -0.2) is 37.2 Å². The molecule has 0 N–H and O–H groups in total. The molecule has 0 aliphatic rings. The first-order valence-electron chi connectivity index (χ1n) is 29.9. The van der Waals surface area contributed by atoms with Gasteiger partial charge in [-0.3, -0.25) is 14.4 Å². The summed E-state index contributed by atoms with van der Waals surface area (Å²) in [5, 5.41) is 0. The van der Waals surface area contributed by atoms with E-state index >= 15 is 0 Å².